The van der Waals surface area contributed by atoms with Crippen LogP contribution in [0.25, 0.3) is 22.6 Å². The molecule has 0 unspecified atom stereocenters. The lowest BCUT2D eigenvalue weighted by molar-refractivity contribution is 0.751. The summed E-state index contributed by atoms with van der Waals surface area (Å²) in [5.74, 6) is 1.67. The van der Waals surface area contributed by atoms with Gasteiger partial charge in [-0.2, -0.15) is 0 Å². The lowest BCUT2D eigenvalue weighted by Gasteiger charge is -2.12. The number of hydrogen-bond acceptors (Lipinski definition) is 4. The number of rotatable bonds is 3. The van der Waals surface area contributed by atoms with Gasteiger partial charge in [-0.15, -0.1) is 0 Å². The van der Waals surface area contributed by atoms with Gasteiger partial charge in [0.25, 0.3) is 0 Å². The maximum absolute atomic E-state index is 6.11. The van der Waals surface area contributed by atoms with Gasteiger partial charge >= 0.3 is 0 Å². The summed E-state index contributed by atoms with van der Waals surface area (Å²) in [4.78, 5) is 13.6. The normalized spacial score (nSPS) is 15.4. The van der Waals surface area contributed by atoms with Crippen molar-refractivity contribution in [2.45, 2.75) is 31.7 Å². The Hall–Kier alpha value is -2.14. The van der Waals surface area contributed by atoms with Crippen molar-refractivity contribution in [1.29, 1.82) is 0 Å². The molecule has 0 saturated heterocycles. The quantitative estimate of drug-likeness (QED) is 0.788. The fourth-order valence-electron chi connectivity index (χ4n) is 3.25. The summed E-state index contributed by atoms with van der Waals surface area (Å²) in [5.41, 5.74) is 2.62. The van der Waals surface area contributed by atoms with Crippen molar-refractivity contribution in [1.82, 2.24) is 19.5 Å². The number of benzene rings is 1. The molecule has 4 rings (SSSR count). The second-order valence-electron chi connectivity index (χ2n) is 6.02. The van der Waals surface area contributed by atoms with E-state index in [0.717, 1.165) is 28.4 Å². The van der Waals surface area contributed by atoms with Crippen molar-refractivity contribution in [3.05, 3.63) is 35.6 Å². The van der Waals surface area contributed by atoms with Gasteiger partial charge < -0.3 is 9.88 Å². The maximum Gasteiger partial charge on any atom is 0.165 e. The van der Waals surface area contributed by atoms with Crippen LogP contribution in [0.15, 0.2) is 30.6 Å². The predicted octanol–water partition coefficient (Wildman–Crippen LogP) is 4.04. The Morgan fingerprint density at radius 2 is 2.04 bits per heavy atom. The summed E-state index contributed by atoms with van der Waals surface area (Å²) in [7, 11) is 1.97. The zero-order valence-electron chi connectivity index (χ0n) is 13.0. The van der Waals surface area contributed by atoms with Gasteiger partial charge in [-0.1, -0.05) is 36.6 Å². The molecule has 5 nitrogen and oxygen atoms in total. The number of anilines is 1. The Balaban J connectivity index is 1.80. The molecule has 23 heavy (non-hydrogen) atoms. The fourth-order valence-corrected chi connectivity index (χ4v) is 3.44. The molecule has 1 N–H and O–H groups in total. The van der Waals surface area contributed by atoms with E-state index >= 15 is 0 Å². The summed E-state index contributed by atoms with van der Waals surface area (Å²) in [5, 5.41) is 4.23. The van der Waals surface area contributed by atoms with Gasteiger partial charge in [0.2, 0.25) is 0 Å². The summed E-state index contributed by atoms with van der Waals surface area (Å²) in [6.07, 6.45) is 6.55. The first kappa shape index (κ1) is 14.5. The molecule has 0 bridgehead atoms. The van der Waals surface area contributed by atoms with E-state index in [1.165, 1.54) is 25.7 Å². The van der Waals surface area contributed by atoms with E-state index in [1.807, 2.05) is 35.9 Å². The average Bonchev–Trinajstić information content (AvgIpc) is 3.17. The number of fused-ring (bicyclic) bond motifs is 1. The van der Waals surface area contributed by atoms with Gasteiger partial charge in [0.15, 0.2) is 17.0 Å². The molecule has 0 atom stereocenters. The minimum Gasteiger partial charge on any atom is -0.365 e. The summed E-state index contributed by atoms with van der Waals surface area (Å²) in [6, 6.07) is 8.20. The van der Waals surface area contributed by atoms with E-state index in [1.54, 1.807) is 6.33 Å². The van der Waals surface area contributed by atoms with E-state index in [2.05, 4.69) is 15.3 Å². The first-order valence-electron chi connectivity index (χ1n) is 7.92. The third-order valence-corrected chi connectivity index (χ3v) is 4.67. The van der Waals surface area contributed by atoms with E-state index < -0.39 is 0 Å². The van der Waals surface area contributed by atoms with Crippen LogP contribution in [0, 0.1) is 0 Å². The molecule has 0 amide bonds. The second-order valence-corrected chi connectivity index (χ2v) is 6.46. The Morgan fingerprint density at radius 3 is 2.83 bits per heavy atom. The van der Waals surface area contributed by atoms with Gasteiger partial charge in [0.1, 0.15) is 12.2 Å². The van der Waals surface area contributed by atoms with Crippen molar-refractivity contribution < 1.29 is 0 Å². The highest BCUT2D eigenvalue weighted by Gasteiger charge is 2.19. The molecular formula is C17H18ClN5. The molecule has 0 spiro atoms. The van der Waals surface area contributed by atoms with Crippen molar-refractivity contribution in [3.63, 3.8) is 0 Å². The van der Waals surface area contributed by atoms with Crippen LogP contribution in [-0.4, -0.2) is 25.6 Å². The van der Waals surface area contributed by atoms with Crippen LogP contribution < -0.4 is 5.32 Å². The number of aryl methyl sites for hydroxylation is 1. The largest absolute Gasteiger partial charge is 0.365 e. The second kappa shape index (κ2) is 5.81. The molecule has 0 aliphatic heterocycles. The van der Waals surface area contributed by atoms with Crippen LogP contribution in [-0.2, 0) is 7.05 Å². The van der Waals surface area contributed by atoms with E-state index in [-0.39, 0.29) is 0 Å². The standard InChI is InChI=1S/C17H18ClN5/c1-23-16(11-5-4-6-12(18)9-11)22-14-15(19-10-20-17(14)23)21-13-7-2-3-8-13/h4-6,9-10,13H,2-3,7-8H2,1H3,(H,19,20,21). The molecule has 1 saturated carbocycles. The maximum atomic E-state index is 6.11. The SMILES string of the molecule is Cn1c(-c2cccc(Cl)c2)nc2c(NC3CCCC3)ncnc21. The number of halogens is 1. The van der Waals surface area contributed by atoms with E-state index in [4.69, 9.17) is 16.6 Å². The molecule has 6 heteroatoms. The monoisotopic (exact) mass is 327 g/mol. The molecule has 1 aliphatic rings. The third kappa shape index (κ3) is 2.65. The molecular weight excluding hydrogens is 310 g/mol. The highest BCUT2D eigenvalue weighted by atomic mass is 35.5. The van der Waals surface area contributed by atoms with Crippen LogP contribution in [0.3, 0.4) is 0 Å². The average molecular weight is 328 g/mol. The van der Waals surface area contributed by atoms with Crippen molar-refractivity contribution >= 4 is 28.6 Å². The van der Waals surface area contributed by atoms with Crippen LogP contribution in [0.4, 0.5) is 5.82 Å². The van der Waals surface area contributed by atoms with E-state index in [9.17, 15) is 0 Å². The van der Waals surface area contributed by atoms with E-state index in [0.29, 0.717) is 11.1 Å². The molecule has 2 aromatic heterocycles. The zero-order valence-corrected chi connectivity index (χ0v) is 13.7. The third-order valence-electron chi connectivity index (χ3n) is 4.43. The lowest BCUT2D eigenvalue weighted by Crippen LogP contribution is -2.15. The Kier molecular flexibility index (Phi) is 3.65. The molecule has 3 aromatic rings. The predicted molar refractivity (Wildman–Crippen MR) is 92.6 cm³/mol. The molecule has 0 radical (unpaired) electrons. The Morgan fingerprint density at radius 1 is 1.22 bits per heavy atom. The van der Waals surface area contributed by atoms with Crippen molar-refractivity contribution in [2.75, 3.05) is 5.32 Å². The van der Waals surface area contributed by atoms with Gasteiger partial charge in [0, 0.05) is 23.7 Å². The van der Waals surface area contributed by atoms with Crippen LogP contribution in [0.2, 0.25) is 5.02 Å². The van der Waals surface area contributed by atoms with Crippen LogP contribution in [0.5, 0.6) is 0 Å². The number of nitrogens with one attached hydrogen (secondary N) is 1. The highest BCUT2D eigenvalue weighted by molar-refractivity contribution is 6.30. The Labute approximate surface area is 139 Å². The molecule has 1 fully saturated rings. The summed E-state index contributed by atoms with van der Waals surface area (Å²) < 4.78 is 1.99. The lowest BCUT2D eigenvalue weighted by atomic mass is 10.2. The number of imidazole rings is 1. The summed E-state index contributed by atoms with van der Waals surface area (Å²) in [6.45, 7) is 0. The highest BCUT2D eigenvalue weighted by Crippen LogP contribution is 2.29. The minimum atomic E-state index is 0.490. The zero-order chi connectivity index (χ0) is 15.8. The number of nitrogens with zero attached hydrogens (tertiary/aromatic N) is 4. The van der Waals surface area contributed by atoms with Crippen LogP contribution in [0.1, 0.15) is 25.7 Å². The number of aromatic nitrogens is 4. The Bertz CT molecular complexity index is 851. The van der Waals surface area contributed by atoms with Crippen molar-refractivity contribution in [2.24, 2.45) is 7.05 Å². The first-order chi connectivity index (χ1) is 11.2. The van der Waals surface area contributed by atoms with Gasteiger partial charge in [0.05, 0.1) is 0 Å². The van der Waals surface area contributed by atoms with Gasteiger partial charge in [-0.3, -0.25) is 0 Å². The van der Waals surface area contributed by atoms with Crippen molar-refractivity contribution in [3.8, 4) is 11.4 Å². The summed E-state index contributed by atoms with van der Waals surface area (Å²) >= 11 is 6.11. The molecule has 1 aromatic carbocycles. The van der Waals surface area contributed by atoms with Gasteiger partial charge in [-0.05, 0) is 25.0 Å². The fraction of sp³-hybridized carbons (Fsp3) is 0.353. The number of hydrogen-bond donors (Lipinski definition) is 1. The minimum absolute atomic E-state index is 0.490. The molecule has 2 heterocycles. The topological polar surface area (TPSA) is 55.6 Å². The molecule has 1 aliphatic carbocycles. The van der Waals surface area contributed by atoms with Gasteiger partial charge in [-0.25, -0.2) is 15.0 Å². The smallest absolute Gasteiger partial charge is 0.165 e. The van der Waals surface area contributed by atoms with Crippen LogP contribution >= 0.6 is 11.6 Å². The molecule has 118 valence electrons. The first-order valence-corrected chi connectivity index (χ1v) is 8.30.